The summed E-state index contributed by atoms with van der Waals surface area (Å²) < 4.78 is 8.28. The topological polar surface area (TPSA) is 54.7 Å². The molecule has 28 heavy (non-hydrogen) atoms. The van der Waals surface area contributed by atoms with E-state index in [1.54, 1.807) is 0 Å². The number of para-hydroxylation sites is 1. The molecule has 1 aliphatic carbocycles. The van der Waals surface area contributed by atoms with E-state index in [4.69, 9.17) is 4.74 Å². The largest absolute Gasteiger partial charge is 0.493 e. The Morgan fingerprint density at radius 2 is 2.14 bits per heavy atom. The van der Waals surface area contributed by atoms with Crippen molar-refractivity contribution in [2.75, 3.05) is 26.7 Å². The second-order valence-electron chi connectivity index (χ2n) is 8.05. The highest BCUT2D eigenvalue weighted by Crippen LogP contribution is 2.30. The van der Waals surface area contributed by atoms with Crippen molar-refractivity contribution in [3.05, 3.63) is 48.5 Å². The highest BCUT2D eigenvalue weighted by molar-refractivity contribution is 5.80. The molecule has 1 aromatic heterocycles. The number of aliphatic imine (C=N–C) groups is 1. The predicted molar refractivity (Wildman–Crippen MR) is 111 cm³/mol. The summed E-state index contributed by atoms with van der Waals surface area (Å²) >= 11 is 0. The van der Waals surface area contributed by atoms with Crippen LogP contribution < -0.4 is 10.1 Å². The molecule has 1 aromatic carbocycles. The Morgan fingerprint density at radius 1 is 1.29 bits per heavy atom. The van der Waals surface area contributed by atoms with Gasteiger partial charge in [0.1, 0.15) is 5.75 Å². The third-order valence-corrected chi connectivity index (χ3v) is 5.92. The van der Waals surface area contributed by atoms with E-state index in [2.05, 4.69) is 56.1 Å². The fourth-order valence-corrected chi connectivity index (χ4v) is 3.88. The third-order valence-electron chi connectivity index (χ3n) is 5.92. The Kier molecular flexibility index (Phi) is 5.84. The van der Waals surface area contributed by atoms with E-state index in [1.165, 1.54) is 18.4 Å². The van der Waals surface area contributed by atoms with Gasteiger partial charge in [-0.1, -0.05) is 25.1 Å². The lowest BCUT2D eigenvalue weighted by Gasteiger charge is -2.39. The van der Waals surface area contributed by atoms with Crippen LogP contribution in [-0.4, -0.2) is 47.2 Å². The van der Waals surface area contributed by atoms with Crippen LogP contribution in [0.15, 0.2) is 48.0 Å². The number of imidazole rings is 1. The zero-order chi connectivity index (χ0) is 19.3. The number of hydrogen-bond acceptors (Lipinski definition) is 3. The third kappa shape index (κ3) is 4.49. The van der Waals surface area contributed by atoms with E-state index in [-0.39, 0.29) is 0 Å². The average molecular weight is 382 g/mol. The summed E-state index contributed by atoms with van der Waals surface area (Å²) in [5.74, 6) is 3.32. The first kappa shape index (κ1) is 18.8. The Hall–Kier alpha value is -2.50. The maximum absolute atomic E-state index is 6.05. The lowest BCUT2D eigenvalue weighted by molar-refractivity contribution is 0.189. The van der Waals surface area contributed by atoms with Crippen LogP contribution in [0.2, 0.25) is 0 Å². The van der Waals surface area contributed by atoms with E-state index in [1.807, 2.05) is 25.6 Å². The molecule has 0 spiro atoms. The normalized spacial score (nSPS) is 22.9. The second kappa shape index (κ2) is 8.67. The van der Waals surface area contributed by atoms with Gasteiger partial charge < -0.3 is 19.5 Å². The number of nitrogens with one attached hydrogen (secondary N) is 1. The molecule has 0 bridgehead atoms. The Balaban J connectivity index is 1.38. The van der Waals surface area contributed by atoms with Gasteiger partial charge in [0.2, 0.25) is 0 Å². The van der Waals surface area contributed by atoms with Gasteiger partial charge in [0.05, 0.1) is 19.0 Å². The number of aromatic nitrogens is 2. The number of piperidine rings is 1. The summed E-state index contributed by atoms with van der Waals surface area (Å²) in [5.41, 5.74) is 1.18. The van der Waals surface area contributed by atoms with E-state index in [0.717, 1.165) is 50.3 Å². The molecule has 2 aromatic rings. The molecule has 2 heterocycles. The van der Waals surface area contributed by atoms with Crippen molar-refractivity contribution in [2.24, 2.45) is 16.8 Å². The van der Waals surface area contributed by atoms with Crippen LogP contribution in [0.4, 0.5) is 0 Å². The maximum Gasteiger partial charge on any atom is 0.193 e. The lowest BCUT2D eigenvalue weighted by Crippen LogP contribution is -2.48. The van der Waals surface area contributed by atoms with Crippen LogP contribution in [0.3, 0.4) is 0 Å². The molecule has 1 N–H and O–H groups in total. The number of ether oxygens (including phenoxy) is 1. The number of hydrogen-bond donors (Lipinski definition) is 1. The van der Waals surface area contributed by atoms with Crippen molar-refractivity contribution in [1.82, 2.24) is 19.8 Å². The smallest absolute Gasteiger partial charge is 0.193 e. The second-order valence-corrected chi connectivity index (χ2v) is 8.05. The average Bonchev–Trinajstić information content (AvgIpc) is 3.40. The summed E-state index contributed by atoms with van der Waals surface area (Å²) in [6.45, 7) is 5.84. The van der Waals surface area contributed by atoms with Crippen molar-refractivity contribution in [3.8, 4) is 5.75 Å². The van der Waals surface area contributed by atoms with E-state index >= 15 is 0 Å². The van der Waals surface area contributed by atoms with Crippen LogP contribution in [0.5, 0.6) is 5.75 Å². The standard InChI is InChI=1S/C22H31N5O/c1-17-9-11-26(14-20(17)27-12-10-24-16-27)22(23-2)25-13-19-5-3-4-6-21(19)28-15-18-7-8-18/h3-6,10,12,16-18,20H,7-9,11,13-15H2,1-2H3,(H,23,25). The maximum atomic E-state index is 6.05. The zero-order valence-electron chi connectivity index (χ0n) is 16.9. The molecular weight excluding hydrogens is 350 g/mol. The molecule has 1 aliphatic heterocycles. The van der Waals surface area contributed by atoms with E-state index in [0.29, 0.717) is 12.0 Å². The first-order chi connectivity index (χ1) is 13.7. The van der Waals surface area contributed by atoms with Crippen molar-refractivity contribution < 1.29 is 4.74 Å². The monoisotopic (exact) mass is 381 g/mol. The summed E-state index contributed by atoms with van der Waals surface area (Å²) in [4.78, 5) is 11.1. The van der Waals surface area contributed by atoms with Gasteiger partial charge in [-0.3, -0.25) is 4.99 Å². The number of guanidine groups is 1. The Bertz CT molecular complexity index is 784. The molecule has 6 nitrogen and oxygen atoms in total. The van der Waals surface area contributed by atoms with Crippen molar-refractivity contribution in [3.63, 3.8) is 0 Å². The van der Waals surface area contributed by atoms with Gasteiger partial charge in [-0.15, -0.1) is 0 Å². The van der Waals surface area contributed by atoms with Crippen molar-refractivity contribution in [2.45, 2.75) is 38.8 Å². The SMILES string of the molecule is CN=C(NCc1ccccc1OCC1CC1)N1CCC(C)C(n2ccnc2)C1. The first-order valence-electron chi connectivity index (χ1n) is 10.4. The summed E-state index contributed by atoms with van der Waals surface area (Å²) in [6.07, 6.45) is 9.60. The Morgan fingerprint density at radius 3 is 2.89 bits per heavy atom. The molecule has 1 saturated heterocycles. The van der Waals surface area contributed by atoms with Gasteiger partial charge in [0.15, 0.2) is 5.96 Å². The van der Waals surface area contributed by atoms with Crippen LogP contribution in [-0.2, 0) is 6.54 Å². The summed E-state index contributed by atoms with van der Waals surface area (Å²) in [5, 5.41) is 3.55. The van der Waals surface area contributed by atoms with Crippen LogP contribution in [0, 0.1) is 11.8 Å². The van der Waals surface area contributed by atoms with E-state index < -0.39 is 0 Å². The fourth-order valence-electron chi connectivity index (χ4n) is 3.88. The van der Waals surface area contributed by atoms with Gasteiger partial charge in [-0.05, 0) is 37.2 Å². The van der Waals surface area contributed by atoms with Gasteiger partial charge in [-0.2, -0.15) is 0 Å². The minimum atomic E-state index is 0.420. The quantitative estimate of drug-likeness (QED) is 0.616. The molecule has 0 radical (unpaired) electrons. The van der Waals surface area contributed by atoms with Gasteiger partial charge in [0, 0.05) is 44.6 Å². The molecule has 2 atom stereocenters. The molecule has 4 rings (SSSR count). The number of rotatable bonds is 6. The predicted octanol–water partition coefficient (Wildman–Crippen LogP) is 3.33. The van der Waals surface area contributed by atoms with Gasteiger partial charge in [0.25, 0.3) is 0 Å². The first-order valence-corrected chi connectivity index (χ1v) is 10.4. The highest BCUT2D eigenvalue weighted by Gasteiger charge is 2.29. The molecule has 2 aliphatic rings. The molecular formula is C22H31N5O. The van der Waals surface area contributed by atoms with Gasteiger partial charge in [-0.25, -0.2) is 4.98 Å². The molecule has 2 unspecified atom stereocenters. The minimum absolute atomic E-state index is 0.420. The zero-order valence-corrected chi connectivity index (χ0v) is 16.9. The molecule has 150 valence electrons. The van der Waals surface area contributed by atoms with Gasteiger partial charge >= 0.3 is 0 Å². The molecule has 0 amide bonds. The minimum Gasteiger partial charge on any atom is -0.493 e. The number of nitrogens with zero attached hydrogens (tertiary/aromatic N) is 4. The lowest BCUT2D eigenvalue weighted by atomic mass is 9.93. The number of benzene rings is 1. The summed E-state index contributed by atoms with van der Waals surface area (Å²) in [6, 6.07) is 8.74. The molecule has 6 heteroatoms. The summed E-state index contributed by atoms with van der Waals surface area (Å²) in [7, 11) is 1.86. The van der Waals surface area contributed by atoms with Crippen molar-refractivity contribution in [1.29, 1.82) is 0 Å². The number of likely N-dealkylation sites (tertiary alicyclic amines) is 1. The molecule has 2 fully saturated rings. The van der Waals surface area contributed by atoms with E-state index in [9.17, 15) is 0 Å². The van der Waals surface area contributed by atoms with Crippen molar-refractivity contribution >= 4 is 5.96 Å². The molecule has 1 saturated carbocycles. The van der Waals surface area contributed by atoms with Crippen LogP contribution in [0.1, 0.15) is 37.8 Å². The van der Waals surface area contributed by atoms with Crippen LogP contribution >= 0.6 is 0 Å². The Labute approximate surface area is 167 Å². The fraction of sp³-hybridized carbons (Fsp3) is 0.545. The van der Waals surface area contributed by atoms with Crippen LogP contribution in [0.25, 0.3) is 0 Å². The highest BCUT2D eigenvalue weighted by atomic mass is 16.5.